The summed E-state index contributed by atoms with van der Waals surface area (Å²) in [7, 11) is -1.08. The molecule has 5 nitrogen and oxygen atoms in total. The zero-order valence-electron chi connectivity index (χ0n) is 12.1. The van der Waals surface area contributed by atoms with Crippen molar-refractivity contribution in [3.05, 3.63) is 28.7 Å². The molecule has 2 amide bonds. The van der Waals surface area contributed by atoms with E-state index in [9.17, 15) is 13.8 Å². The molecule has 2 atom stereocenters. The third kappa shape index (κ3) is 5.53. The maximum Gasteiger partial charge on any atom is 0.220 e. The van der Waals surface area contributed by atoms with Crippen molar-refractivity contribution < 1.29 is 13.8 Å². The number of halogens is 1. The van der Waals surface area contributed by atoms with Gasteiger partial charge in [0, 0.05) is 40.5 Å². The normalized spacial score (nSPS) is 19.3. The van der Waals surface area contributed by atoms with Gasteiger partial charge in [-0.3, -0.25) is 13.8 Å². The number of hydrogen-bond donors (Lipinski definition) is 2. The second kappa shape index (κ2) is 8.43. The van der Waals surface area contributed by atoms with E-state index in [4.69, 9.17) is 0 Å². The third-order valence-corrected chi connectivity index (χ3v) is 5.43. The summed E-state index contributed by atoms with van der Waals surface area (Å²) in [5.41, 5.74) is 0. The summed E-state index contributed by atoms with van der Waals surface area (Å²) >= 11 is 3.34. The lowest BCUT2D eigenvalue weighted by Crippen LogP contribution is -2.47. The second-order valence-corrected chi connectivity index (χ2v) is 7.70. The lowest BCUT2D eigenvalue weighted by atomic mass is 10.1. The minimum Gasteiger partial charge on any atom is -0.354 e. The van der Waals surface area contributed by atoms with Gasteiger partial charge in [0.1, 0.15) is 0 Å². The number of carbonyl (C=O) groups excluding carboxylic acids is 2. The fourth-order valence-corrected chi connectivity index (χ4v) is 3.57. The van der Waals surface area contributed by atoms with Gasteiger partial charge in [0.15, 0.2) is 0 Å². The van der Waals surface area contributed by atoms with Crippen LogP contribution in [-0.4, -0.2) is 34.4 Å². The Labute approximate surface area is 140 Å². The van der Waals surface area contributed by atoms with E-state index < -0.39 is 10.8 Å². The van der Waals surface area contributed by atoms with Gasteiger partial charge in [-0.2, -0.15) is 0 Å². The van der Waals surface area contributed by atoms with Gasteiger partial charge in [-0.15, -0.1) is 0 Å². The number of amides is 2. The minimum absolute atomic E-state index is 0.0159. The van der Waals surface area contributed by atoms with Gasteiger partial charge >= 0.3 is 0 Å². The smallest absolute Gasteiger partial charge is 0.220 e. The quantitative estimate of drug-likeness (QED) is 0.781. The Bertz CT molecular complexity index is 552. The van der Waals surface area contributed by atoms with Gasteiger partial charge in [-0.1, -0.05) is 15.9 Å². The maximum atomic E-state index is 12.1. The first-order valence-corrected chi connectivity index (χ1v) is 9.36. The molecule has 0 saturated carbocycles. The van der Waals surface area contributed by atoms with E-state index in [0.717, 1.165) is 9.37 Å². The zero-order chi connectivity index (χ0) is 15.9. The molecule has 0 aromatic heterocycles. The Morgan fingerprint density at radius 1 is 1.36 bits per heavy atom. The molecular formula is C15H19BrN2O3S. The van der Waals surface area contributed by atoms with Crippen molar-refractivity contribution in [3.8, 4) is 0 Å². The largest absolute Gasteiger partial charge is 0.354 e. The van der Waals surface area contributed by atoms with Crippen molar-refractivity contribution in [3.63, 3.8) is 0 Å². The average molecular weight is 387 g/mol. The van der Waals surface area contributed by atoms with Crippen LogP contribution in [-0.2, 0) is 20.4 Å². The van der Waals surface area contributed by atoms with Gasteiger partial charge in [0.2, 0.25) is 11.8 Å². The molecular weight excluding hydrogens is 368 g/mol. The van der Waals surface area contributed by atoms with Crippen molar-refractivity contribution in [2.45, 2.75) is 36.6 Å². The van der Waals surface area contributed by atoms with Gasteiger partial charge in [-0.05, 0) is 37.1 Å². The standard InChI is InChI=1S/C15H19BrN2O3S/c16-11-3-6-13(7-4-11)22(21)9-1-2-15(20)18-12-5-8-14(19)17-10-12/h3-4,6-7,12H,1-2,5,8-10H2,(H,17,19)(H,18,20). The van der Waals surface area contributed by atoms with Gasteiger partial charge in [0.25, 0.3) is 0 Å². The molecule has 1 aliphatic heterocycles. The zero-order valence-corrected chi connectivity index (χ0v) is 14.5. The number of piperidine rings is 1. The Morgan fingerprint density at radius 3 is 2.73 bits per heavy atom. The van der Waals surface area contributed by atoms with E-state index in [-0.39, 0.29) is 17.9 Å². The van der Waals surface area contributed by atoms with E-state index >= 15 is 0 Å². The summed E-state index contributed by atoms with van der Waals surface area (Å²) in [5.74, 6) is 0.459. The van der Waals surface area contributed by atoms with Crippen molar-refractivity contribution >= 4 is 38.5 Å². The first kappa shape index (κ1) is 17.1. The highest BCUT2D eigenvalue weighted by Crippen LogP contribution is 2.14. The number of hydrogen-bond acceptors (Lipinski definition) is 3. The molecule has 2 N–H and O–H groups in total. The highest BCUT2D eigenvalue weighted by atomic mass is 79.9. The van der Waals surface area contributed by atoms with Crippen LogP contribution in [0.4, 0.5) is 0 Å². The lowest BCUT2D eigenvalue weighted by Gasteiger charge is -2.23. The summed E-state index contributed by atoms with van der Waals surface area (Å²) in [6.45, 7) is 0.495. The van der Waals surface area contributed by atoms with Crippen LogP contribution < -0.4 is 10.6 Å². The molecule has 7 heteroatoms. The molecule has 2 rings (SSSR count). The first-order chi connectivity index (χ1) is 10.5. The molecule has 0 aliphatic carbocycles. The monoisotopic (exact) mass is 386 g/mol. The molecule has 1 saturated heterocycles. The summed E-state index contributed by atoms with van der Waals surface area (Å²) in [5, 5.41) is 5.63. The molecule has 0 radical (unpaired) electrons. The van der Waals surface area contributed by atoms with Crippen molar-refractivity contribution in [1.29, 1.82) is 0 Å². The van der Waals surface area contributed by atoms with Gasteiger partial charge in [-0.25, -0.2) is 0 Å². The first-order valence-electron chi connectivity index (χ1n) is 7.24. The van der Waals surface area contributed by atoms with Crippen LogP contribution in [0.5, 0.6) is 0 Å². The van der Waals surface area contributed by atoms with Crippen molar-refractivity contribution in [1.82, 2.24) is 10.6 Å². The van der Waals surface area contributed by atoms with Crippen molar-refractivity contribution in [2.75, 3.05) is 12.3 Å². The van der Waals surface area contributed by atoms with Gasteiger partial charge < -0.3 is 10.6 Å². The molecule has 1 fully saturated rings. The SMILES string of the molecule is O=C1CCC(NC(=O)CCCS(=O)c2ccc(Br)cc2)CN1. The van der Waals surface area contributed by atoms with Crippen LogP contribution in [0.3, 0.4) is 0 Å². The Morgan fingerprint density at radius 2 is 2.09 bits per heavy atom. The van der Waals surface area contributed by atoms with Crippen LogP contribution in [0.2, 0.25) is 0 Å². The summed E-state index contributed by atoms with van der Waals surface area (Å²) in [4.78, 5) is 23.6. The van der Waals surface area contributed by atoms with Crippen LogP contribution in [0.25, 0.3) is 0 Å². The predicted octanol–water partition coefficient (Wildman–Crippen LogP) is 1.73. The van der Waals surface area contributed by atoms with Gasteiger partial charge in [0.05, 0.1) is 10.8 Å². The topological polar surface area (TPSA) is 75.3 Å². The molecule has 1 aromatic rings. The van der Waals surface area contributed by atoms with E-state index in [0.29, 0.717) is 38.0 Å². The predicted molar refractivity (Wildman–Crippen MR) is 88.8 cm³/mol. The number of nitrogens with one attached hydrogen (secondary N) is 2. The highest BCUT2D eigenvalue weighted by Gasteiger charge is 2.19. The highest BCUT2D eigenvalue weighted by molar-refractivity contribution is 9.10. The maximum absolute atomic E-state index is 12.1. The fourth-order valence-electron chi connectivity index (χ4n) is 2.22. The molecule has 1 heterocycles. The molecule has 22 heavy (non-hydrogen) atoms. The van der Waals surface area contributed by atoms with Crippen molar-refractivity contribution in [2.24, 2.45) is 0 Å². The summed E-state index contributed by atoms with van der Waals surface area (Å²) < 4.78 is 13.0. The van der Waals surface area contributed by atoms with E-state index in [1.165, 1.54) is 0 Å². The number of rotatable bonds is 6. The Hall–Kier alpha value is -1.21. The number of benzene rings is 1. The summed E-state index contributed by atoms with van der Waals surface area (Å²) in [6, 6.07) is 7.38. The van der Waals surface area contributed by atoms with E-state index in [1.807, 2.05) is 24.3 Å². The third-order valence-electron chi connectivity index (χ3n) is 3.44. The average Bonchev–Trinajstić information content (AvgIpc) is 2.50. The van der Waals surface area contributed by atoms with Crippen LogP contribution in [0.15, 0.2) is 33.6 Å². The lowest BCUT2D eigenvalue weighted by molar-refractivity contribution is -0.125. The minimum atomic E-state index is -1.08. The molecule has 120 valence electrons. The van der Waals surface area contributed by atoms with Crippen LogP contribution >= 0.6 is 15.9 Å². The summed E-state index contributed by atoms with van der Waals surface area (Å²) in [6.07, 6.45) is 2.07. The Kier molecular flexibility index (Phi) is 6.57. The van der Waals surface area contributed by atoms with Crippen LogP contribution in [0.1, 0.15) is 25.7 Å². The molecule has 2 unspecified atom stereocenters. The second-order valence-electron chi connectivity index (χ2n) is 5.21. The molecule has 0 bridgehead atoms. The fraction of sp³-hybridized carbons (Fsp3) is 0.467. The van der Waals surface area contributed by atoms with E-state index in [1.54, 1.807) is 0 Å². The number of carbonyl (C=O) groups is 2. The Balaban J connectivity index is 1.67. The molecule has 0 spiro atoms. The van der Waals surface area contributed by atoms with Crippen LogP contribution in [0, 0.1) is 0 Å². The van der Waals surface area contributed by atoms with E-state index in [2.05, 4.69) is 26.6 Å². The molecule has 1 aliphatic rings. The molecule has 1 aromatic carbocycles.